The molecule has 3 unspecified atom stereocenters. The molecule has 52 valence electrons. The third-order valence-corrected chi connectivity index (χ3v) is 1.73. The molecule has 0 aromatic heterocycles. The predicted octanol–water partition coefficient (Wildman–Crippen LogP) is 2.26. The van der Waals surface area contributed by atoms with E-state index in [4.69, 9.17) is 0 Å². The number of rotatable bonds is 0. The van der Waals surface area contributed by atoms with Gasteiger partial charge in [0.1, 0.15) is 6.17 Å². The van der Waals surface area contributed by atoms with Gasteiger partial charge in [0.2, 0.25) is 0 Å². The summed E-state index contributed by atoms with van der Waals surface area (Å²) in [5.74, 6) is -0.264. The van der Waals surface area contributed by atoms with E-state index in [0.717, 1.165) is 0 Å². The highest BCUT2D eigenvalue weighted by atomic mass is 19.2. The zero-order chi connectivity index (χ0) is 7.07. The first-order valence-corrected chi connectivity index (χ1v) is 3.06. The van der Waals surface area contributed by atoms with E-state index in [9.17, 15) is 8.78 Å². The maximum Gasteiger partial charge on any atom is 0.157 e. The van der Waals surface area contributed by atoms with E-state index in [0.29, 0.717) is 0 Å². The Bertz CT molecular complexity index is 138. The first kappa shape index (κ1) is 6.72. The van der Waals surface area contributed by atoms with Gasteiger partial charge in [-0.25, -0.2) is 8.78 Å². The van der Waals surface area contributed by atoms with Crippen molar-refractivity contribution in [1.29, 1.82) is 0 Å². The fourth-order valence-electron chi connectivity index (χ4n) is 1.04. The zero-order valence-electron chi connectivity index (χ0n) is 5.57. The highest BCUT2D eigenvalue weighted by Crippen LogP contribution is 2.33. The van der Waals surface area contributed by atoms with Crippen molar-refractivity contribution in [2.75, 3.05) is 0 Å². The van der Waals surface area contributed by atoms with Crippen molar-refractivity contribution in [3.05, 3.63) is 12.2 Å². The van der Waals surface area contributed by atoms with Gasteiger partial charge in [-0.3, -0.25) is 0 Å². The van der Waals surface area contributed by atoms with Gasteiger partial charge in [-0.2, -0.15) is 0 Å². The monoisotopic (exact) mass is 132 g/mol. The quantitative estimate of drug-likeness (QED) is 0.443. The predicted molar refractivity (Wildman–Crippen MR) is 32.7 cm³/mol. The van der Waals surface area contributed by atoms with Crippen LogP contribution in [0.1, 0.15) is 13.8 Å². The molecule has 0 N–H and O–H groups in total. The van der Waals surface area contributed by atoms with Crippen molar-refractivity contribution in [3.8, 4) is 0 Å². The Labute approximate surface area is 53.6 Å². The number of hydrogen-bond donors (Lipinski definition) is 0. The molecule has 1 aliphatic carbocycles. The Morgan fingerprint density at radius 3 is 2.22 bits per heavy atom. The molecule has 2 heteroatoms. The summed E-state index contributed by atoms with van der Waals surface area (Å²) >= 11 is 0. The third kappa shape index (κ3) is 0.979. The minimum atomic E-state index is -1.72. The summed E-state index contributed by atoms with van der Waals surface area (Å²) in [6, 6.07) is 0. The second kappa shape index (κ2) is 1.79. The Hall–Kier alpha value is -0.400. The topological polar surface area (TPSA) is 0 Å². The van der Waals surface area contributed by atoms with Crippen LogP contribution in [-0.2, 0) is 0 Å². The largest absolute Gasteiger partial charge is 0.243 e. The Kier molecular flexibility index (Phi) is 1.34. The van der Waals surface area contributed by atoms with Gasteiger partial charge in [0.05, 0.1) is 0 Å². The van der Waals surface area contributed by atoms with Crippen molar-refractivity contribution >= 4 is 0 Å². The fraction of sp³-hybridized carbons (Fsp3) is 0.714. The second-order valence-electron chi connectivity index (χ2n) is 2.77. The van der Waals surface area contributed by atoms with Crippen molar-refractivity contribution in [2.45, 2.75) is 25.7 Å². The molecule has 0 aromatic rings. The molecular formula is C7H10F2. The standard InChI is InChI=1S/C7H10F2/c1-5-3-4-7(2,9)6(5)8/h3-6H,1-2H3. The van der Waals surface area contributed by atoms with Crippen LogP contribution < -0.4 is 0 Å². The Morgan fingerprint density at radius 2 is 2.11 bits per heavy atom. The number of allylic oxidation sites excluding steroid dienone is 2. The minimum Gasteiger partial charge on any atom is -0.243 e. The lowest BCUT2D eigenvalue weighted by Crippen LogP contribution is -2.28. The summed E-state index contributed by atoms with van der Waals surface area (Å²) in [5.41, 5.74) is -1.72. The van der Waals surface area contributed by atoms with Crippen LogP contribution in [0.5, 0.6) is 0 Å². The third-order valence-electron chi connectivity index (χ3n) is 1.73. The first-order chi connectivity index (χ1) is 4.04. The van der Waals surface area contributed by atoms with Gasteiger partial charge in [0, 0.05) is 5.92 Å². The summed E-state index contributed by atoms with van der Waals surface area (Å²) in [4.78, 5) is 0. The van der Waals surface area contributed by atoms with Gasteiger partial charge in [-0.15, -0.1) is 0 Å². The summed E-state index contributed by atoms with van der Waals surface area (Å²) in [7, 11) is 0. The average Bonchev–Trinajstić information content (AvgIpc) is 1.97. The summed E-state index contributed by atoms with van der Waals surface area (Å²) in [6.45, 7) is 2.93. The van der Waals surface area contributed by atoms with E-state index in [-0.39, 0.29) is 5.92 Å². The van der Waals surface area contributed by atoms with Crippen LogP contribution in [0, 0.1) is 5.92 Å². The second-order valence-corrected chi connectivity index (χ2v) is 2.77. The van der Waals surface area contributed by atoms with E-state index >= 15 is 0 Å². The lowest BCUT2D eigenvalue weighted by Gasteiger charge is -2.16. The summed E-state index contributed by atoms with van der Waals surface area (Å²) in [5, 5.41) is 0. The zero-order valence-corrected chi connectivity index (χ0v) is 5.57. The lowest BCUT2D eigenvalue weighted by molar-refractivity contribution is 0.103. The molecule has 0 fully saturated rings. The molecule has 3 atom stereocenters. The molecular weight excluding hydrogens is 122 g/mol. The van der Waals surface area contributed by atoms with E-state index in [2.05, 4.69) is 0 Å². The van der Waals surface area contributed by atoms with Crippen LogP contribution in [0.3, 0.4) is 0 Å². The van der Waals surface area contributed by atoms with Crippen LogP contribution in [0.25, 0.3) is 0 Å². The SMILES string of the molecule is CC1C=CC(C)(F)C1F. The maximum atomic E-state index is 12.8. The molecule has 0 bridgehead atoms. The molecule has 0 saturated heterocycles. The van der Waals surface area contributed by atoms with Gasteiger partial charge in [0.25, 0.3) is 0 Å². The van der Waals surface area contributed by atoms with E-state index < -0.39 is 11.8 Å². The normalized spacial score (nSPS) is 50.2. The van der Waals surface area contributed by atoms with Crippen molar-refractivity contribution in [2.24, 2.45) is 5.92 Å². The van der Waals surface area contributed by atoms with E-state index in [1.54, 1.807) is 13.0 Å². The number of halogens is 2. The molecule has 0 heterocycles. The van der Waals surface area contributed by atoms with Gasteiger partial charge >= 0.3 is 0 Å². The first-order valence-electron chi connectivity index (χ1n) is 3.06. The number of hydrogen-bond acceptors (Lipinski definition) is 0. The molecule has 0 aromatic carbocycles. The van der Waals surface area contributed by atoms with Gasteiger partial charge in [-0.05, 0) is 13.0 Å². The Balaban J connectivity index is 2.74. The van der Waals surface area contributed by atoms with Crippen LogP contribution in [0.15, 0.2) is 12.2 Å². The highest BCUT2D eigenvalue weighted by molar-refractivity contribution is 5.15. The van der Waals surface area contributed by atoms with Crippen molar-refractivity contribution in [1.82, 2.24) is 0 Å². The molecule has 1 rings (SSSR count). The summed E-state index contributed by atoms with van der Waals surface area (Å²) in [6.07, 6.45) is 1.52. The lowest BCUT2D eigenvalue weighted by atomic mass is 10.0. The van der Waals surface area contributed by atoms with Crippen molar-refractivity contribution in [3.63, 3.8) is 0 Å². The van der Waals surface area contributed by atoms with E-state index in [1.807, 2.05) is 0 Å². The van der Waals surface area contributed by atoms with Gasteiger partial charge in [-0.1, -0.05) is 13.0 Å². The smallest absolute Gasteiger partial charge is 0.157 e. The molecule has 0 saturated carbocycles. The van der Waals surface area contributed by atoms with Crippen LogP contribution >= 0.6 is 0 Å². The van der Waals surface area contributed by atoms with Crippen LogP contribution in [0.2, 0.25) is 0 Å². The number of alkyl halides is 2. The Morgan fingerprint density at radius 1 is 1.56 bits per heavy atom. The van der Waals surface area contributed by atoms with Crippen molar-refractivity contribution < 1.29 is 8.78 Å². The minimum absolute atomic E-state index is 0.264. The molecule has 0 amide bonds. The molecule has 0 radical (unpaired) electrons. The molecule has 9 heavy (non-hydrogen) atoms. The van der Waals surface area contributed by atoms with Crippen LogP contribution in [0.4, 0.5) is 8.78 Å². The molecule has 0 spiro atoms. The van der Waals surface area contributed by atoms with Crippen LogP contribution in [-0.4, -0.2) is 11.8 Å². The molecule has 0 aliphatic heterocycles. The molecule has 0 nitrogen and oxygen atoms in total. The fourth-order valence-corrected chi connectivity index (χ4v) is 1.04. The van der Waals surface area contributed by atoms with Gasteiger partial charge in [0.15, 0.2) is 5.67 Å². The van der Waals surface area contributed by atoms with Gasteiger partial charge < -0.3 is 0 Å². The average molecular weight is 132 g/mol. The summed E-state index contributed by atoms with van der Waals surface area (Å²) < 4.78 is 25.5. The molecule has 1 aliphatic rings. The van der Waals surface area contributed by atoms with E-state index in [1.165, 1.54) is 13.0 Å². The highest BCUT2D eigenvalue weighted by Gasteiger charge is 2.39. The maximum absolute atomic E-state index is 12.8.